The Balaban J connectivity index is 1.89. The molecule has 0 aliphatic rings. The number of hydrogen-bond donors (Lipinski definition) is 2. The Labute approximate surface area is 150 Å². The Morgan fingerprint density at radius 2 is 2.20 bits per heavy atom. The molecule has 0 aliphatic heterocycles. The fraction of sp³-hybridized carbons (Fsp3) is 0.474. The second kappa shape index (κ2) is 9.71. The number of guanidine groups is 1. The molecule has 1 heterocycles. The minimum Gasteiger partial charge on any atom is -0.490 e. The van der Waals surface area contributed by atoms with Gasteiger partial charge in [0.05, 0.1) is 12.6 Å². The third-order valence-electron chi connectivity index (χ3n) is 3.99. The van der Waals surface area contributed by atoms with E-state index >= 15 is 0 Å². The van der Waals surface area contributed by atoms with Gasteiger partial charge < -0.3 is 15.4 Å². The summed E-state index contributed by atoms with van der Waals surface area (Å²) in [5.74, 6) is 1.70. The van der Waals surface area contributed by atoms with Crippen molar-refractivity contribution >= 4 is 5.96 Å². The molecule has 6 heteroatoms. The van der Waals surface area contributed by atoms with Gasteiger partial charge in [0, 0.05) is 38.1 Å². The zero-order valence-electron chi connectivity index (χ0n) is 15.6. The third-order valence-corrected chi connectivity index (χ3v) is 3.99. The third kappa shape index (κ3) is 6.14. The van der Waals surface area contributed by atoms with Crippen molar-refractivity contribution in [3.63, 3.8) is 0 Å². The fourth-order valence-corrected chi connectivity index (χ4v) is 2.34. The second-order valence-corrected chi connectivity index (χ2v) is 6.07. The number of rotatable bonds is 8. The lowest BCUT2D eigenvalue weighted by atomic mass is 10.1. The van der Waals surface area contributed by atoms with Gasteiger partial charge in [0.2, 0.25) is 0 Å². The van der Waals surface area contributed by atoms with Gasteiger partial charge in [-0.15, -0.1) is 0 Å². The van der Waals surface area contributed by atoms with Gasteiger partial charge in [-0.05, 0) is 38.0 Å². The highest BCUT2D eigenvalue weighted by atomic mass is 16.5. The highest BCUT2D eigenvalue weighted by molar-refractivity contribution is 5.79. The zero-order valence-corrected chi connectivity index (χ0v) is 15.6. The first-order valence-corrected chi connectivity index (χ1v) is 8.80. The molecule has 0 fully saturated rings. The Bertz CT molecular complexity index is 666. The summed E-state index contributed by atoms with van der Waals surface area (Å²) in [6, 6.07) is 8.23. The van der Waals surface area contributed by atoms with E-state index in [1.807, 2.05) is 16.9 Å². The maximum Gasteiger partial charge on any atom is 0.191 e. The van der Waals surface area contributed by atoms with E-state index in [1.54, 1.807) is 13.2 Å². The number of benzene rings is 1. The van der Waals surface area contributed by atoms with Gasteiger partial charge in [-0.1, -0.05) is 19.1 Å². The molecule has 1 unspecified atom stereocenters. The molecule has 0 radical (unpaired) electrons. The Kier molecular flexibility index (Phi) is 7.32. The minimum atomic E-state index is 0.201. The Morgan fingerprint density at radius 3 is 2.88 bits per heavy atom. The number of aryl methyl sites for hydroxylation is 1. The first-order chi connectivity index (χ1) is 12.1. The molecule has 0 spiro atoms. The Morgan fingerprint density at radius 1 is 1.36 bits per heavy atom. The summed E-state index contributed by atoms with van der Waals surface area (Å²) >= 11 is 0. The van der Waals surface area contributed by atoms with E-state index in [0.717, 1.165) is 36.8 Å². The van der Waals surface area contributed by atoms with Crippen LogP contribution in [0.3, 0.4) is 0 Å². The van der Waals surface area contributed by atoms with Crippen LogP contribution in [0.5, 0.6) is 5.75 Å². The van der Waals surface area contributed by atoms with Crippen molar-refractivity contribution < 1.29 is 4.74 Å². The van der Waals surface area contributed by atoms with Crippen LogP contribution in [0.25, 0.3) is 0 Å². The largest absolute Gasteiger partial charge is 0.490 e. The quantitative estimate of drug-likeness (QED) is 0.571. The van der Waals surface area contributed by atoms with E-state index in [4.69, 9.17) is 4.74 Å². The average Bonchev–Trinajstić information content (AvgIpc) is 3.12. The van der Waals surface area contributed by atoms with E-state index in [9.17, 15) is 0 Å². The number of hydrogen-bond acceptors (Lipinski definition) is 3. The van der Waals surface area contributed by atoms with E-state index in [2.05, 4.69) is 59.7 Å². The van der Waals surface area contributed by atoms with Crippen LogP contribution in [-0.4, -0.2) is 35.4 Å². The SMILES string of the molecule is CCC(C)Oc1cc(C)ccc1CNC(=NC)NCCn1cccn1. The second-order valence-electron chi connectivity index (χ2n) is 6.07. The predicted octanol–water partition coefficient (Wildman–Crippen LogP) is 2.73. The molecule has 1 aromatic carbocycles. The molecular weight excluding hydrogens is 314 g/mol. The molecule has 2 N–H and O–H groups in total. The molecule has 2 aromatic rings. The number of ether oxygens (including phenoxy) is 1. The lowest BCUT2D eigenvalue weighted by molar-refractivity contribution is 0.215. The topological polar surface area (TPSA) is 63.5 Å². The maximum absolute atomic E-state index is 6.06. The van der Waals surface area contributed by atoms with Gasteiger partial charge in [-0.25, -0.2) is 0 Å². The average molecular weight is 343 g/mol. The lowest BCUT2D eigenvalue weighted by Crippen LogP contribution is -2.38. The predicted molar refractivity (Wildman–Crippen MR) is 102 cm³/mol. The molecule has 1 atom stereocenters. The first kappa shape index (κ1) is 18.8. The Hall–Kier alpha value is -2.50. The van der Waals surface area contributed by atoms with Gasteiger partial charge in [0.1, 0.15) is 5.75 Å². The summed E-state index contributed by atoms with van der Waals surface area (Å²) < 4.78 is 7.95. The van der Waals surface area contributed by atoms with E-state index in [1.165, 1.54) is 5.56 Å². The normalized spacial score (nSPS) is 12.7. The molecule has 25 heavy (non-hydrogen) atoms. The fourth-order valence-electron chi connectivity index (χ4n) is 2.34. The van der Waals surface area contributed by atoms with E-state index < -0.39 is 0 Å². The molecule has 0 saturated heterocycles. The maximum atomic E-state index is 6.06. The summed E-state index contributed by atoms with van der Waals surface area (Å²) in [6.07, 6.45) is 4.91. The molecule has 6 nitrogen and oxygen atoms in total. The summed E-state index contributed by atoms with van der Waals surface area (Å²) in [5.41, 5.74) is 2.32. The van der Waals surface area contributed by atoms with Gasteiger partial charge in [-0.3, -0.25) is 9.67 Å². The molecule has 1 aromatic heterocycles. The molecule has 0 saturated carbocycles. The van der Waals surface area contributed by atoms with Crippen molar-refractivity contribution in [1.29, 1.82) is 0 Å². The van der Waals surface area contributed by atoms with Crippen molar-refractivity contribution in [2.75, 3.05) is 13.6 Å². The van der Waals surface area contributed by atoms with Gasteiger partial charge in [0.15, 0.2) is 5.96 Å². The van der Waals surface area contributed by atoms with E-state index in [-0.39, 0.29) is 6.10 Å². The highest BCUT2D eigenvalue weighted by Crippen LogP contribution is 2.22. The van der Waals surface area contributed by atoms with Crippen LogP contribution in [0.15, 0.2) is 41.7 Å². The molecule has 136 valence electrons. The summed E-state index contributed by atoms with van der Waals surface area (Å²) in [7, 11) is 1.77. The first-order valence-electron chi connectivity index (χ1n) is 8.80. The van der Waals surface area contributed by atoms with Crippen molar-refractivity contribution in [3.05, 3.63) is 47.8 Å². The number of nitrogens with one attached hydrogen (secondary N) is 2. The van der Waals surface area contributed by atoms with Crippen LogP contribution in [-0.2, 0) is 13.1 Å². The molecule has 0 aliphatic carbocycles. The highest BCUT2D eigenvalue weighted by Gasteiger charge is 2.08. The van der Waals surface area contributed by atoms with Crippen molar-refractivity contribution in [3.8, 4) is 5.75 Å². The number of aliphatic imine (C=N–C) groups is 1. The number of nitrogens with zero attached hydrogens (tertiary/aromatic N) is 3. The van der Waals surface area contributed by atoms with Gasteiger partial charge in [-0.2, -0.15) is 5.10 Å². The molecule has 0 amide bonds. The van der Waals surface area contributed by atoms with Crippen LogP contribution >= 0.6 is 0 Å². The summed E-state index contributed by atoms with van der Waals surface area (Å²) in [4.78, 5) is 4.27. The van der Waals surface area contributed by atoms with E-state index in [0.29, 0.717) is 6.54 Å². The standard InChI is InChI=1S/C19H29N5O/c1-5-16(3)25-18-13-15(2)7-8-17(18)14-22-19(20-4)21-10-12-24-11-6-9-23-24/h6-9,11,13,16H,5,10,12,14H2,1-4H3,(H2,20,21,22). The minimum absolute atomic E-state index is 0.201. The van der Waals surface area contributed by atoms with Crippen LogP contribution in [0.2, 0.25) is 0 Å². The summed E-state index contributed by atoms with van der Waals surface area (Å²) in [5, 5.41) is 10.8. The van der Waals surface area contributed by atoms with Crippen molar-refractivity contribution in [2.45, 2.75) is 46.4 Å². The zero-order chi connectivity index (χ0) is 18.1. The van der Waals surface area contributed by atoms with Crippen molar-refractivity contribution in [2.24, 2.45) is 4.99 Å². The van der Waals surface area contributed by atoms with Gasteiger partial charge >= 0.3 is 0 Å². The van der Waals surface area contributed by atoms with Crippen LogP contribution in [0.1, 0.15) is 31.4 Å². The summed E-state index contributed by atoms with van der Waals surface area (Å²) in [6.45, 7) is 8.51. The van der Waals surface area contributed by atoms with Crippen molar-refractivity contribution in [1.82, 2.24) is 20.4 Å². The van der Waals surface area contributed by atoms with Crippen LogP contribution in [0.4, 0.5) is 0 Å². The number of aromatic nitrogens is 2. The van der Waals surface area contributed by atoms with Crippen LogP contribution < -0.4 is 15.4 Å². The molecule has 0 bridgehead atoms. The van der Waals surface area contributed by atoms with Gasteiger partial charge in [0.25, 0.3) is 0 Å². The molecular formula is C19H29N5O. The van der Waals surface area contributed by atoms with Crippen LogP contribution in [0, 0.1) is 6.92 Å². The molecule has 2 rings (SSSR count). The smallest absolute Gasteiger partial charge is 0.191 e. The lowest BCUT2D eigenvalue weighted by Gasteiger charge is -2.18. The monoisotopic (exact) mass is 343 g/mol.